The molecule has 2 aromatic rings. The van der Waals surface area contributed by atoms with Gasteiger partial charge in [-0.15, -0.1) is 0 Å². The summed E-state index contributed by atoms with van der Waals surface area (Å²) in [7, 11) is 0. The third kappa shape index (κ3) is 5.91. The van der Waals surface area contributed by atoms with Gasteiger partial charge in [0, 0.05) is 32.7 Å². The summed E-state index contributed by atoms with van der Waals surface area (Å²) < 4.78 is 26.2. The molecule has 168 valence electrons. The van der Waals surface area contributed by atoms with E-state index in [1.807, 2.05) is 11.6 Å². The predicted octanol–water partition coefficient (Wildman–Crippen LogP) is 3.22. The number of rotatable bonds is 6. The maximum absolute atomic E-state index is 13.4. The number of carbonyl (C=O) groups is 2. The highest BCUT2D eigenvalue weighted by molar-refractivity contribution is 5.96. The van der Waals surface area contributed by atoms with Crippen molar-refractivity contribution in [3.8, 4) is 0 Å². The predicted molar refractivity (Wildman–Crippen MR) is 114 cm³/mol. The molecule has 31 heavy (non-hydrogen) atoms. The molecule has 7 nitrogen and oxygen atoms in total. The first-order chi connectivity index (χ1) is 15.0. The molecular formula is C23H30FN3O4. The highest BCUT2D eigenvalue weighted by Crippen LogP contribution is 2.19. The van der Waals surface area contributed by atoms with Crippen molar-refractivity contribution in [2.24, 2.45) is 0 Å². The van der Waals surface area contributed by atoms with Crippen molar-refractivity contribution >= 4 is 11.9 Å². The summed E-state index contributed by atoms with van der Waals surface area (Å²) in [6.45, 7) is 6.20. The number of benzene rings is 1. The third-order valence-electron chi connectivity index (χ3n) is 5.29. The van der Waals surface area contributed by atoms with Gasteiger partial charge in [-0.05, 0) is 56.4 Å². The van der Waals surface area contributed by atoms with Crippen LogP contribution in [0.15, 0.2) is 18.2 Å². The zero-order chi connectivity index (χ0) is 22.2. The lowest BCUT2D eigenvalue weighted by Crippen LogP contribution is -2.26. The molecule has 3 rings (SSSR count). The topological polar surface area (TPSA) is 82.5 Å². The van der Waals surface area contributed by atoms with Crippen LogP contribution in [0.3, 0.4) is 0 Å². The molecule has 1 aliphatic rings. The van der Waals surface area contributed by atoms with E-state index in [1.165, 1.54) is 18.2 Å². The summed E-state index contributed by atoms with van der Waals surface area (Å²) in [5.74, 6) is -0.915. The minimum atomic E-state index is -0.478. The summed E-state index contributed by atoms with van der Waals surface area (Å²) >= 11 is 0. The fourth-order valence-electron chi connectivity index (χ4n) is 3.64. The normalized spacial score (nSPS) is 15.0. The lowest BCUT2D eigenvalue weighted by molar-refractivity contribution is 0.0494. The number of aromatic nitrogens is 2. The lowest BCUT2D eigenvalue weighted by Gasteiger charge is -2.10. The molecule has 1 aromatic carbocycles. The van der Waals surface area contributed by atoms with Crippen LogP contribution in [0.25, 0.3) is 0 Å². The van der Waals surface area contributed by atoms with Gasteiger partial charge in [-0.1, -0.05) is 6.92 Å². The average molecular weight is 432 g/mol. The molecule has 0 saturated carbocycles. The second kappa shape index (κ2) is 11.0. The monoisotopic (exact) mass is 431 g/mol. The highest BCUT2D eigenvalue weighted by atomic mass is 19.1. The van der Waals surface area contributed by atoms with Gasteiger partial charge >= 0.3 is 5.97 Å². The Balaban J connectivity index is 1.65. The van der Waals surface area contributed by atoms with Crippen molar-refractivity contribution in [1.29, 1.82) is 0 Å². The molecular weight excluding hydrogens is 401 g/mol. The van der Waals surface area contributed by atoms with E-state index in [1.54, 1.807) is 6.92 Å². The van der Waals surface area contributed by atoms with Crippen molar-refractivity contribution < 1.29 is 23.5 Å². The molecule has 0 saturated heterocycles. The average Bonchev–Trinajstić information content (AvgIpc) is 3.10. The van der Waals surface area contributed by atoms with E-state index in [-0.39, 0.29) is 18.3 Å². The van der Waals surface area contributed by atoms with Crippen molar-refractivity contribution in [3.63, 3.8) is 0 Å². The Morgan fingerprint density at radius 1 is 1.32 bits per heavy atom. The van der Waals surface area contributed by atoms with Crippen LogP contribution in [0.2, 0.25) is 0 Å². The number of nitrogens with one attached hydrogen (secondary N) is 1. The molecule has 0 atom stereocenters. The molecule has 1 amide bonds. The van der Waals surface area contributed by atoms with E-state index >= 15 is 0 Å². The van der Waals surface area contributed by atoms with Gasteiger partial charge in [0.25, 0.3) is 5.91 Å². The Morgan fingerprint density at radius 2 is 2.13 bits per heavy atom. The maximum Gasteiger partial charge on any atom is 0.338 e. The first-order valence-electron chi connectivity index (χ1n) is 10.9. The zero-order valence-electron chi connectivity index (χ0n) is 18.2. The maximum atomic E-state index is 13.4. The van der Waals surface area contributed by atoms with Gasteiger partial charge in [0.1, 0.15) is 5.82 Å². The Morgan fingerprint density at radius 3 is 2.90 bits per heavy atom. The van der Waals surface area contributed by atoms with Crippen LogP contribution in [0.1, 0.15) is 63.9 Å². The fourth-order valence-corrected chi connectivity index (χ4v) is 3.64. The van der Waals surface area contributed by atoms with E-state index in [0.717, 1.165) is 24.2 Å². The van der Waals surface area contributed by atoms with Crippen LogP contribution < -0.4 is 5.32 Å². The number of fused-ring (bicyclic) bond motifs is 1. The van der Waals surface area contributed by atoms with E-state index in [2.05, 4.69) is 10.4 Å². The molecule has 0 radical (unpaired) electrons. The second-order valence-corrected chi connectivity index (χ2v) is 7.62. The number of carbonyl (C=O) groups excluding carboxylic acids is 2. The van der Waals surface area contributed by atoms with E-state index in [9.17, 15) is 14.0 Å². The molecule has 2 heterocycles. The largest absolute Gasteiger partial charge is 0.462 e. The van der Waals surface area contributed by atoms with Crippen molar-refractivity contribution in [2.75, 3.05) is 26.4 Å². The number of halogens is 1. The molecule has 1 N–H and O–H groups in total. The molecule has 1 aliphatic heterocycles. The standard InChI is InChI=1S/C23H30FN3O4/c1-3-19-21-20(7-4-12-30-13-5-10-25-22(21)28)27(26-19)11-6-14-31-23(29)17-8-9-18(24)16(2)15-17/h8-9,15H,3-7,10-14H2,1-2H3,(H,25,28). The first kappa shape index (κ1) is 22.9. The number of aryl methyl sites for hydroxylation is 3. The fraction of sp³-hybridized carbons (Fsp3) is 0.522. The Hall–Kier alpha value is -2.74. The van der Waals surface area contributed by atoms with Crippen LogP contribution in [-0.2, 0) is 28.9 Å². The summed E-state index contributed by atoms with van der Waals surface area (Å²) in [6, 6.07) is 4.17. The smallest absolute Gasteiger partial charge is 0.338 e. The van der Waals surface area contributed by atoms with E-state index in [0.29, 0.717) is 62.3 Å². The molecule has 0 unspecified atom stereocenters. The van der Waals surface area contributed by atoms with E-state index < -0.39 is 5.97 Å². The SMILES string of the molecule is CCc1nn(CCCOC(=O)c2ccc(F)c(C)c2)c2c1C(=O)NCCCOCCC2. The quantitative estimate of drug-likeness (QED) is 0.561. The highest BCUT2D eigenvalue weighted by Gasteiger charge is 2.23. The van der Waals surface area contributed by atoms with Crippen LogP contribution in [0.5, 0.6) is 0 Å². The van der Waals surface area contributed by atoms with Gasteiger partial charge in [0.2, 0.25) is 0 Å². The van der Waals surface area contributed by atoms with Crippen molar-refractivity contribution in [3.05, 3.63) is 52.1 Å². The van der Waals surface area contributed by atoms with Crippen LogP contribution in [0.4, 0.5) is 4.39 Å². The second-order valence-electron chi connectivity index (χ2n) is 7.62. The van der Waals surface area contributed by atoms with Crippen molar-refractivity contribution in [1.82, 2.24) is 15.1 Å². The Bertz CT molecular complexity index is 926. The summed E-state index contributed by atoms with van der Waals surface area (Å²) in [6.07, 6.45) is 3.52. The molecule has 1 aromatic heterocycles. The van der Waals surface area contributed by atoms with Gasteiger partial charge in [-0.3, -0.25) is 9.48 Å². The summed E-state index contributed by atoms with van der Waals surface area (Å²) in [4.78, 5) is 25.0. The summed E-state index contributed by atoms with van der Waals surface area (Å²) in [5.41, 5.74) is 3.09. The van der Waals surface area contributed by atoms with E-state index in [4.69, 9.17) is 9.47 Å². The van der Waals surface area contributed by atoms with Crippen LogP contribution >= 0.6 is 0 Å². The van der Waals surface area contributed by atoms with Gasteiger partial charge in [0.15, 0.2) is 0 Å². The van der Waals surface area contributed by atoms with Crippen LogP contribution in [-0.4, -0.2) is 48.0 Å². The third-order valence-corrected chi connectivity index (χ3v) is 5.29. The molecule has 8 heteroatoms. The minimum Gasteiger partial charge on any atom is -0.462 e. The number of hydrogen-bond donors (Lipinski definition) is 1. The molecule has 0 spiro atoms. The first-order valence-corrected chi connectivity index (χ1v) is 10.9. The number of amides is 1. The van der Waals surface area contributed by atoms with Crippen molar-refractivity contribution in [2.45, 2.75) is 52.5 Å². The summed E-state index contributed by atoms with van der Waals surface area (Å²) in [5, 5.41) is 7.62. The molecule has 0 aliphatic carbocycles. The lowest BCUT2D eigenvalue weighted by atomic mass is 10.1. The van der Waals surface area contributed by atoms with Gasteiger partial charge in [-0.2, -0.15) is 5.10 Å². The van der Waals surface area contributed by atoms with Gasteiger partial charge < -0.3 is 14.8 Å². The van der Waals surface area contributed by atoms with Gasteiger partial charge in [-0.25, -0.2) is 9.18 Å². The zero-order valence-corrected chi connectivity index (χ0v) is 18.2. The van der Waals surface area contributed by atoms with Crippen LogP contribution in [0, 0.1) is 12.7 Å². The minimum absolute atomic E-state index is 0.0851. The Labute approximate surface area is 181 Å². The number of esters is 1. The number of hydrogen-bond acceptors (Lipinski definition) is 5. The number of ether oxygens (including phenoxy) is 2. The molecule has 0 bridgehead atoms. The molecule has 0 fully saturated rings. The van der Waals surface area contributed by atoms with Gasteiger partial charge in [0.05, 0.1) is 29.1 Å². The number of nitrogens with zero attached hydrogens (tertiary/aromatic N) is 2. The Kier molecular flexibility index (Phi) is 8.17.